The van der Waals surface area contributed by atoms with Crippen LogP contribution in [0.2, 0.25) is 0 Å². The Morgan fingerprint density at radius 1 is 1.09 bits per heavy atom. The highest BCUT2D eigenvalue weighted by Gasteiger charge is 2.38. The van der Waals surface area contributed by atoms with E-state index >= 15 is 0 Å². The van der Waals surface area contributed by atoms with Crippen LogP contribution in [-0.4, -0.2) is 77.6 Å². The molecule has 2 fully saturated rings. The van der Waals surface area contributed by atoms with Gasteiger partial charge in [0.1, 0.15) is 0 Å². The topological polar surface area (TPSA) is 90.0 Å². The normalized spacial score (nSPS) is 17.2. The molecule has 1 aromatic rings. The Labute approximate surface area is 205 Å². The first kappa shape index (κ1) is 28.1. The number of carbonyl (C=O) groups is 3. The lowest BCUT2D eigenvalue weighted by molar-refractivity contribution is -0.192. The lowest BCUT2D eigenvalue weighted by Gasteiger charge is -2.33. The summed E-state index contributed by atoms with van der Waals surface area (Å²) in [6.45, 7) is 3.76. The Balaban J connectivity index is 0.000000509. The molecular weight excluding hydrogens is 519 g/mol. The predicted octanol–water partition coefficient (Wildman–Crippen LogP) is 4.07. The first-order valence-electron chi connectivity index (χ1n) is 11.4. The molecule has 1 aromatic carbocycles. The second-order valence-corrected chi connectivity index (χ2v) is 9.25. The number of benzene rings is 1. The molecule has 190 valence electrons. The van der Waals surface area contributed by atoms with Crippen LogP contribution in [0.1, 0.15) is 55.3 Å². The van der Waals surface area contributed by atoms with Crippen LogP contribution in [0.25, 0.3) is 0 Å². The number of aliphatic carboxylic acids is 1. The molecule has 1 aliphatic heterocycles. The molecule has 7 nitrogen and oxygen atoms in total. The molecule has 0 atom stereocenters. The van der Waals surface area contributed by atoms with Crippen molar-refractivity contribution in [3.05, 3.63) is 34.3 Å². The van der Waals surface area contributed by atoms with Crippen LogP contribution in [0, 0.1) is 0 Å². The molecule has 1 saturated carbocycles. The van der Waals surface area contributed by atoms with Gasteiger partial charge in [-0.1, -0.05) is 47.7 Å². The molecule has 0 unspecified atom stereocenters. The van der Waals surface area contributed by atoms with Gasteiger partial charge in [0.05, 0.1) is 0 Å². The van der Waals surface area contributed by atoms with Crippen LogP contribution in [0.3, 0.4) is 0 Å². The van der Waals surface area contributed by atoms with Gasteiger partial charge in [-0.2, -0.15) is 13.2 Å². The van der Waals surface area contributed by atoms with E-state index in [0.29, 0.717) is 18.5 Å². The molecule has 0 spiro atoms. The van der Waals surface area contributed by atoms with Crippen LogP contribution < -0.4 is 5.32 Å². The lowest BCUT2D eigenvalue weighted by Crippen LogP contribution is -2.48. The van der Waals surface area contributed by atoms with Gasteiger partial charge in [0, 0.05) is 55.2 Å². The van der Waals surface area contributed by atoms with E-state index < -0.39 is 12.1 Å². The number of halogens is 4. The number of piperazine rings is 1. The Kier molecular flexibility index (Phi) is 11.3. The molecular formula is C23H31BrF3N3O4. The van der Waals surface area contributed by atoms with Crippen LogP contribution in [0.4, 0.5) is 13.2 Å². The summed E-state index contributed by atoms with van der Waals surface area (Å²) in [5.41, 5.74) is 0.697. The summed E-state index contributed by atoms with van der Waals surface area (Å²) in [5, 5.41) is 10.4. The van der Waals surface area contributed by atoms with Gasteiger partial charge < -0.3 is 20.2 Å². The van der Waals surface area contributed by atoms with Crippen molar-refractivity contribution in [2.75, 3.05) is 32.7 Å². The molecule has 2 amide bonds. The molecule has 0 radical (unpaired) electrons. The van der Waals surface area contributed by atoms with Gasteiger partial charge in [0.2, 0.25) is 5.91 Å². The van der Waals surface area contributed by atoms with Gasteiger partial charge in [-0.05, 0) is 31.0 Å². The van der Waals surface area contributed by atoms with Gasteiger partial charge in [-0.25, -0.2) is 4.79 Å². The number of nitrogens with one attached hydrogen (secondary N) is 1. The third-order valence-corrected chi connectivity index (χ3v) is 6.37. The molecule has 0 aromatic heterocycles. The Morgan fingerprint density at radius 3 is 2.21 bits per heavy atom. The van der Waals surface area contributed by atoms with Gasteiger partial charge in [0.25, 0.3) is 5.91 Å². The molecule has 34 heavy (non-hydrogen) atoms. The highest BCUT2D eigenvalue weighted by molar-refractivity contribution is 9.10. The summed E-state index contributed by atoms with van der Waals surface area (Å²) in [5.74, 6) is -2.54. The van der Waals surface area contributed by atoms with E-state index in [1.165, 1.54) is 25.7 Å². The van der Waals surface area contributed by atoms with E-state index in [0.717, 1.165) is 43.5 Å². The maximum absolute atomic E-state index is 13.3. The Bertz CT molecular complexity index is 824. The smallest absolute Gasteiger partial charge is 0.475 e. The second kappa shape index (κ2) is 13.7. The fourth-order valence-electron chi connectivity index (χ4n) is 4.10. The third kappa shape index (κ3) is 9.25. The molecule has 1 aliphatic carbocycles. The number of nitrogens with zero attached hydrogens (tertiary/aromatic N) is 2. The minimum Gasteiger partial charge on any atom is -0.475 e. The van der Waals surface area contributed by atoms with Crippen molar-refractivity contribution in [2.24, 2.45) is 0 Å². The summed E-state index contributed by atoms with van der Waals surface area (Å²) in [4.78, 5) is 38.7. The maximum atomic E-state index is 13.3. The fraction of sp³-hybridized carbons (Fsp3) is 0.609. The molecule has 0 bridgehead atoms. The average Bonchev–Trinajstić information content (AvgIpc) is 3.09. The summed E-state index contributed by atoms with van der Waals surface area (Å²) in [7, 11) is 0. The predicted molar refractivity (Wildman–Crippen MR) is 124 cm³/mol. The van der Waals surface area contributed by atoms with Crippen molar-refractivity contribution in [3.8, 4) is 0 Å². The van der Waals surface area contributed by atoms with E-state index in [9.17, 15) is 22.8 Å². The van der Waals surface area contributed by atoms with Crippen LogP contribution in [0.5, 0.6) is 0 Å². The number of carboxylic acid groups (broad SMARTS) is 1. The Hall–Kier alpha value is -2.14. The van der Waals surface area contributed by atoms with Crippen molar-refractivity contribution in [1.82, 2.24) is 15.1 Å². The number of hydrogen-bond donors (Lipinski definition) is 2. The van der Waals surface area contributed by atoms with Crippen LogP contribution >= 0.6 is 15.9 Å². The molecule has 1 saturated heterocycles. The van der Waals surface area contributed by atoms with Gasteiger partial charge in [-0.15, -0.1) is 0 Å². The van der Waals surface area contributed by atoms with Gasteiger partial charge in [0.15, 0.2) is 0 Å². The maximum Gasteiger partial charge on any atom is 0.490 e. The van der Waals surface area contributed by atoms with E-state index in [-0.39, 0.29) is 17.9 Å². The molecule has 1 heterocycles. The molecule has 2 aliphatic rings. The zero-order valence-electron chi connectivity index (χ0n) is 19.0. The van der Waals surface area contributed by atoms with Gasteiger partial charge in [-0.3, -0.25) is 9.59 Å². The standard InChI is InChI=1S/C21H30BrN3O2.C2HF3O2/c22-18-7-5-6-17(16-18)21(27)25(19-8-3-1-2-4-9-19)13-10-20(26)24-14-11-23-12-15-24;3-2(4,5)1(6)7/h5-7,16,19,23H,1-4,8-15H2;(H,6,7). The monoisotopic (exact) mass is 549 g/mol. The van der Waals surface area contributed by atoms with Crippen molar-refractivity contribution in [3.63, 3.8) is 0 Å². The highest BCUT2D eigenvalue weighted by atomic mass is 79.9. The van der Waals surface area contributed by atoms with E-state index in [2.05, 4.69) is 21.2 Å². The number of hydrogen-bond acceptors (Lipinski definition) is 4. The summed E-state index contributed by atoms with van der Waals surface area (Å²) in [6.07, 6.45) is 2.24. The SMILES string of the molecule is O=C(CCN(C(=O)c1cccc(Br)c1)C1CCCCCC1)N1CCNCC1.O=C(O)C(F)(F)F. The zero-order chi connectivity index (χ0) is 25.1. The summed E-state index contributed by atoms with van der Waals surface area (Å²) >= 11 is 3.46. The average molecular weight is 550 g/mol. The highest BCUT2D eigenvalue weighted by Crippen LogP contribution is 2.24. The zero-order valence-corrected chi connectivity index (χ0v) is 20.5. The number of carboxylic acids is 1. The van der Waals surface area contributed by atoms with Gasteiger partial charge >= 0.3 is 12.1 Å². The van der Waals surface area contributed by atoms with E-state index in [1.54, 1.807) is 0 Å². The third-order valence-electron chi connectivity index (χ3n) is 5.88. The summed E-state index contributed by atoms with van der Waals surface area (Å²) < 4.78 is 32.6. The second-order valence-electron chi connectivity index (χ2n) is 8.34. The summed E-state index contributed by atoms with van der Waals surface area (Å²) in [6, 6.07) is 7.82. The number of carbonyl (C=O) groups excluding carboxylic acids is 2. The first-order valence-corrected chi connectivity index (χ1v) is 12.2. The number of rotatable bonds is 5. The minimum absolute atomic E-state index is 0.0521. The van der Waals surface area contributed by atoms with E-state index in [4.69, 9.17) is 9.90 Å². The lowest BCUT2D eigenvalue weighted by atomic mass is 10.0. The molecule has 2 N–H and O–H groups in total. The minimum atomic E-state index is -5.08. The van der Waals surface area contributed by atoms with E-state index in [1.807, 2.05) is 34.1 Å². The first-order chi connectivity index (χ1) is 16.1. The van der Waals surface area contributed by atoms with Crippen molar-refractivity contribution in [2.45, 2.75) is 57.2 Å². The van der Waals surface area contributed by atoms with Crippen molar-refractivity contribution in [1.29, 1.82) is 0 Å². The van der Waals surface area contributed by atoms with Crippen LogP contribution in [-0.2, 0) is 9.59 Å². The molecule has 11 heteroatoms. The quantitative estimate of drug-likeness (QED) is 0.540. The number of alkyl halides is 3. The number of amides is 2. The molecule has 3 rings (SSSR count). The van der Waals surface area contributed by atoms with Crippen molar-refractivity contribution < 1.29 is 32.7 Å². The van der Waals surface area contributed by atoms with Crippen molar-refractivity contribution >= 4 is 33.7 Å². The largest absolute Gasteiger partial charge is 0.490 e. The van der Waals surface area contributed by atoms with Crippen LogP contribution in [0.15, 0.2) is 28.7 Å². The fourth-order valence-corrected chi connectivity index (χ4v) is 4.49. The Morgan fingerprint density at radius 2 is 1.68 bits per heavy atom.